The molecule has 0 radical (unpaired) electrons. The predicted octanol–water partition coefficient (Wildman–Crippen LogP) is 1.21. The fourth-order valence-corrected chi connectivity index (χ4v) is 2.25. The molecule has 0 bridgehead atoms. The highest BCUT2D eigenvalue weighted by atomic mass is 16.4. The number of urea groups is 1. The third kappa shape index (κ3) is 2.43. The number of rotatable bonds is 3. The number of carbonyl (C=O) groups excluding carboxylic acids is 1. The summed E-state index contributed by atoms with van der Waals surface area (Å²) in [6, 6.07) is -0.151. The van der Waals surface area contributed by atoms with Crippen LogP contribution in [0.2, 0.25) is 0 Å². The highest BCUT2D eigenvalue weighted by Gasteiger charge is 2.44. The minimum atomic E-state index is -0.789. The molecule has 5 nitrogen and oxygen atoms in total. The van der Waals surface area contributed by atoms with Crippen LogP contribution < -0.4 is 5.32 Å². The van der Waals surface area contributed by atoms with Gasteiger partial charge in [0.15, 0.2) is 0 Å². The van der Waals surface area contributed by atoms with E-state index in [0.717, 1.165) is 12.8 Å². The molecule has 2 aliphatic rings. The topological polar surface area (TPSA) is 69.6 Å². The van der Waals surface area contributed by atoms with E-state index in [-0.39, 0.29) is 12.6 Å². The molecule has 0 aromatic carbocycles. The fraction of sp³-hybridized carbons (Fsp3) is 0.667. The lowest BCUT2D eigenvalue weighted by Crippen LogP contribution is -2.51. The van der Waals surface area contributed by atoms with Crippen molar-refractivity contribution in [2.75, 3.05) is 19.6 Å². The smallest absolute Gasteiger partial charge is 0.317 e. The molecule has 5 heteroatoms. The molecule has 0 aromatic rings. The van der Waals surface area contributed by atoms with Crippen LogP contribution in [0.4, 0.5) is 4.79 Å². The first-order chi connectivity index (χ1) is 8.14. The van der Waals surface area contributed by atoms with E-state index in [1.807, 2.05) is 6.08 Å². The maximum atomic E-state index is 11.8. The average Bonchev–Trinajstić information content (AvgIpc) is 2.28. The number of hydrogen-bond donors (Lipinski definition) is 2. The van der Waals surface area contributed by atoms with Crippen LogP contribution in [0.3, 0.4) is 0 Å². The summed E-state index contributed by atoms with van der Waals surface area (Å²) in [7, 11) is 0. The summed E-state index contributed by atoms with van der Waals surface area (Å²) >= 11 is 0. The second-order valence-corrected chi connectivity index (χ2v) is 4.80. The molecule has 2 N–H and O–H groups in total. The molecule has 17 heavy (non-hydrogen) atoms. The molecule has 0 aromatic heterocycles. The van der Waals surface area contributed by atoms with Gasteiger partial charge in [-0.3, -0.25) is 4.79 Å². The molecule has 1 heterocycles. The van der Waals surface area contributed by atoms with Crippen molar-refractivity contribution < 1.29 is 14.7 Å². The Kier molecular flexibility index (Phi) is 3.36. The number of carboxylic acid groups (broad SMARTS) is 1. The zero-order valence-electron chi connectivity index (χ0n) is 9.82. The van der Waals surface area contributed by atoms with E-state index in [0.29, 0.717) is 25.9 Å². The number of carboxylic acids is 1. The quantitative estimate of drug-likeness (QED) is 0.726. The van der Waals surface area contributed by atoms with Crippen LogP contribution in [0.25, 0.3) is 0 Å². The Morgan fingerprint density at radius 2 is 2.12 bits per heavy atom. The van der Waals surface area contributed by atoms with E-state index in [9.17, 15) is 9.59 Å². The van der Waals surface area contributed by atoms with Crippen molar-refractivity contribution >= 4 is 12.0 Å². The van der Waals surface area contributed by atoms with Gasteiger partial charge in [-0.1, -0.05) is 18.6 Å². The fourth-order valence-electron chi connectivity index (χ4n) is 2.25. The van der Waals surface area contributed by atoms with Gasteiger partial charge in [0.05, 0.1) is 5.41 Å². The Morgan fingerprint density at radius 3 is 2.59 bits per heavy atom. The molecule has 0 saturated heterocycles. The summed E-state index contributed by atoms with van der Waals surface area (Å²) in [5.41, 5.74) is -0.707. The lowest BCUT2D eigenvalue weighted by molar-refractivity contribution is -0.153. The van der Waals surface area contributed by atoms with Crippen LogP contribution in [0.1, 0.15) is 25.7 Å². The Labute approximate surface area is 100 Å². The molecular weight excluding hydrogens is 220 g/mol. The minimum absolute atomic E-state index is 0.151. The summed E-state index contributed by atoms with van der Waals surface area (Å²) in [5.74, 6) is -0.789. The highest BCUT2D eigenvalue weighted by molar-refractivity contribution is 5.79. The summed E-state index contributed by atoms with van der Waals surface area (Å²) in [6.07, 6.45) is 7.16. The standard InChI is InChI=1S/C12H18N2O3/c15-10(16)12(5-4-6-12)9-13-11(17)14-7-2-1-3-8-14/h1-2H,3-9H2,(H,13,17)(H,15,16). The number of amides is 2. The lowest BCUT2D eigenvalue weighted by atomic mass is 9.69. The first-order valence-electron chi connectivity index (χ1n) is 6.05. The van der Waals surface area contributed by atoms with Gasteiger partial charge in [0, 0.05) is 19.6 Å². The maximum Gasteiger partial charge on any atom is 0.317 e. The molecule has 94 valence electrons. The van der Waals surface area contributed by atoms with Gasteiger partial charge >= 0.3 is 12.0 Å². The van der Waals surface area contributed by atoms with Crippen LogP contribution in [-0.4, -0.2) is 41.6 Å². The van der Waals surface area contributed by atoms with E-state index in [2.05, 4.69) is 11.4 Å². The van der Waals surface area contributed by atoms with Crippen LogP contribution in [0, 0.1) is 5.41 Å². The molecule has 2 rings (SSSR count). The number of aliphatic carboxylic acids is 1. The van der Waals surface area contributed by atoms with Gasteiger partial charge < -0.3 is 15.3 Å². The van der Waals surface area contributed by atoms with E-state index in [4.69, 9.17) is 5.11 Å². The largest absolute Gasteiger partial charge is 0.481 e. The third-order valence-electron chi connectivity index (χ3n) is 3.69. The summed E-state index contributed by atoms with van der Waals surface area (Å²) in [6.45, 7) is 1.58. The van der Waals surface area contributed by atoms with Crippen LogP contribution in [0.15, 0.2) is 12.2 Å². The highest BCUT2D eigenvalue weighted by Crippen LogP contribution is 2.40. The van der Waals surface area contributed by atoms with Gasteiger partial charge in [-0.2, -0.15) is 0 Å². The molecular formula is C12H18N2O3. The zero-order valence-corrected chi connectivity index (χ0v) is 9.82. The second-order valence-electron chi connectivity index (χ2n) is 4.80. The number of nitrogens with one attached hydrogen (secondary N) is 1. The minimum Gasteiger partial charge on any atom is -0.481 e. The normalized spacial score (nSPS) is 21.8. The second kappa shape index (κ2) is 4.77. The van der Waals surface area contributed by atoms with Gasteiger partial charge in [-0.25, -0.2) is 4.79 Å². The molecule has 1 fully saturated rings. The van der Waals surface area contributed by atoms with Gasteiger partial charge in [0.1, 0.15) is 0 Å². The maximum absolute atomic E-state index is 11.8. The molecule has 1 aliphatic heterocycles. The SMILES string of the molecule is O=C(NCC1(C(=O)O)CCC1)N1CC=CCC1. The van der Waals surface area contributed by atoms with Gasteiger partial charge in [-0.05, 0) is 19.3 Å². The predicted molar refractivity (Wildman–Crippen MR) is 62.6 cm³/mol. The average molecular weight is 238 g/mol. The molecule has 2 amide bonds. The summed E-state index contributed by atoms with van der Waals surface area (Å²) in [5, 5.41) is 11.9. The molecule has 0 spiro atoms. The van der Waals surface area contributed by atoms with E-state index < -0.39 is 11.4 Å². The van der Waals surface area contributed by atoms with E-state index in [1.165, 1.54) is 0 Å². The number of carbonyl (C=O) groups is 2. The van der Waals surface area contributed by atoms with Crippen molar-refractivity contribution in [1.29, 1.82) is 0 Å². The summed E-state index contributed by atoms with van der Waals surface area (Å²) < 4.78 is 0. The van der Waals surface area contributed by atoms with Crippen LogP contribution >= 0.6 is 0 Å². The van der Waals surface area contributed by atoms with Crippen LogP contribution in [0.5, 0.6) is 0 Å². The van der Waals surface area contributed by atoms with Crippen molar-refractivity contribution in [1.82, 2.24) is 10.2 Å². The number of hydrogen-bond acceptors (Lipinski definition) is 2. The zero-order chi connectivity index (χ0) is 12.3. The van der Waals surface area contributed by atoms with Gasteiger partial charge in [0.25, 0.3) is 0 Å². The number of nitrogens with zero attached hydrogens (tertiary/aromatic N) is 1. The Bertz CT molecular complexity index is 348. The Balaban J connectivity index is 1.83. The van der Waals surface area contributed by atoms with Crippen molar-refractivity contribution in [2.24, 2.45) is 5.41 Å². The lowest BCUT2D eigenvalue weighted by Gasteiger charge is -2.38. The van der Waals surface area contributed by atoms with Crippen LogP contribution in [-0.2, 0) is 4.79 Å². The summed E-state index contributed by atoms with van der Waals surface area (Å²) in [4.78, 5) is 24.6. The van der Waals surface area contributed by atoms with Gasteiger partial charge in [0.2, 0.25) is 0 Å². The molecule has 1 saturated carbocycles. The first-order valence-corrected chi connectivity index (χ1v) is 6.05. The molecule has 1 aliphatic carbocycles. The Hall–Kier alpha value is -1.52. The van der Waals surface area contributed by atoms with Crippen molar-refractivity contribution in [2.45, 2.75) is 25.7 Å². The van der Waals surface area contributed by atoms with Gasteiger partial charge in [-0.15, -0.1) is 0 Å². The third-order valence-corrected chi connectivity index (χ3v) is 3.69. The first kappa shape index (κ1) is 12.0. The molecule has 0 atom stereocenters. The van der Waals surface area contributed by atoms with E-state index in [1.54, 1.807) is 4.90 Å². The van der Waals surface area contributed by atoms with Crippen molar-refractivity contribution in [3.8, 4) is 0 Å². The van der Waals surface area contributed by atoms with Crippen molar-refractivity contribution in [3.05, 3.63) is 12.2 Å². The monoisotopic (exact) mass is 238 g/mol. The van der Waals surface area contributed by atoms with Crippen molar-refractivity contribution in [3.63, 3.8) is 0 Å². The molecule has 0 unspecified atom stereocenters. The van der Waals surface area contributed by atoms with E-state index >= 15 is 0 Å². The Morgan fingerprint density at radius 1 is 1.35 bits per heavy atom.